The van der Waals surface area contributed by atoms with Crippen molar-refractivity contribution in [2.45, 2.75) is 44.2 Å². The third-order valence-corrected chi connectivity index (χ3v) is 8.05. The second kappa shape index (κ2) is 14.2. The van der Waals surface area contributed by atoms with Crippen LogP contribution in [0.25, 0.3) is 0 Å². The Bertz CT molecular complexity index is 501. The van der Waals surface area contributed by atoms with Gasteiger partial charge in [0, 0.05) is 91.2 Å². The van der Waals surface area contributed by atoms with Gasteiger partial charge in [0.1, 0.15) is 0 Å². The minimum absolute atomic E-state index is 0.656. The highest BCUT2D eigenvalue weighted by Gasteiger charge is 2.36. The largest absolute Gasteiger partial charge is 0.385 e. The SMILES string of the molecule is COCCCCCCN1CCN(C)CC1C1CN(CCCN2CCN(C)CC2)CCN1C. The van der Waals surface area contributed by atoms with Gasteiger partial charge in [0.2, 0.25) is 0 Å². The van der Waals surface area contributed by atoms with Crippen molar-refractivity contribution >= 4 is 0 Å². The van der Waals surface area contributed by atoms with E-state index in [9.17, 15) is 0 Å². The van der Waals surface area contributed by atoms with Crippen LogP contribution in [-0.4, -0.2) is 161 Å². The van der Waals surface area contributed by atoms with Crippen molar-refractivity contribution in [3.63, 3.8) is 0 Å². The van der Waals surface area contributed by atoms with Crippen LogP contribution in [0.1, 0.15) is 32.1 Å². The Hall–Kier alpha value is -0.280. The highest BCUT2D eigenvalue weighted by molar-refractivity contribution is 4.95. The summed E-state index contributed by atoms with van der Waals surface area (Å²) in [5.41, 5.74) is 0. The Morgan fingerprint density at radius 2 is 1.28 bits per heavy atom. The molecular formula is C25H52N6O. The van der Waals surface area contributed by atoms with E-state index in [1.165, 1.54) is 117 Å². The molecule has 3 saturated heterocycles. The van der Waals surface area contributed by atoms with Crippen LogP contribution < -0.4 is 0 Å². The zero-order chi connectivity index (χ0) is 22.8. The molecule has 0 radical (unpaired) electrons. The second-order valence-corrected chi connectivity index (χ2v) is 10.6. The summed E-state index contributed by atoms with van der Waals surface area (Å²) < 4.78 is 5.20. The molecule has 0 saturated carbocycles. The fourth-order valence-electron chi connectivity index (χ4n) is 5.72. The summed E-state index contributed by atoms with van der Waals surface area (Å²) in [4.78, 5) is 15.9. The molecule has 0 N–H and O–H groups in total. The molecule has 0 aromatic heterocycles. The van der Waals surface area contributed by atoms with Gasteiger partial charge in [-0.05, 0) is 60.0 Å². The highest BCUT2D eigenvalue weighted by atomic mass is 16.5. The molecule has 3 rings (SSSR count). The smallest absolute Gasteiger partial charge is 0.0462 e. The van der Waals surface area contributed by atoms with Crippen LogP contribution in [-0.2, 0) is 4.74 Å². The van der Waals surface area contributed by atoms with Crippen molar-refractivity contribution in [3.8, 4) is 0 Å². The normalized spacial score (nSPS) is 28.5. The molecule has 7 nitrogen and oxygen atoms in total. The molecule has 3 aliphatic rings. The van der Waals surface area contributed by atoms with Gasteiger partial charge < -0.3 is 24.3 Å². The van der Waals surface area contributed by atoms with E-state index >= 15 is 0 Å². The number of ether oxygens (including phenoxy) is 1. The first-order chi connectivity index (χ1) is 15.6. The van der Waals surface area contributed by atoms with E-state index in [2.05, 4.69) is 50.5 Å². The monoisotopic (exact) mass is 452 g/mol. The van der Waals surface area contributed by atoms with E-state index in [1.807, 2.05) is 7.11 Å². The zero-order valence-electron chi connectivity index (χ0n) is 21.7. The molecule has 32 heavy (non-hydrogen) atoms. The Morgan fingerprint density at radius 3 is 2.06 bits per heavy atom. The maximum atomic E-state index is 5.20. The topological polar surface area (TPSA) is 28.7 Å². The average Bonchev–Trinajstić information content (AvgIpc) is 2.79. The third kappa shape index (κ3) is 8.49. The lowest BCUT2D eigenvalue weighted by molar-refractivity contribution is -0.00746. The van der Waals surface area contributed by atoms with Crippen molar-refractivity contribution in [1.29, 1.82) is 0 Å². The van der Waals surface area contributed by atoms with E-state index in [1.54, 1.807) is 0 Å². The van der Waals surface area contributed by atoms with E-state index in [4.69, 9.17) is 4.74 Å². The van der Waals surface area contributed by atoms with Gasteiger partial charge in [0.15, 0.2) is 0 Å². The molecule has 2 unspecified atom stereocenters. The van der Waals surface area contributed by atoms with Gasteiger partial charge in [-0.3, -0.25) is 9.80 Å². The number of hydrogen-bond donors (Lipinski definition) is 0. The molecule has 3 fully saturated rings. The molecule has 0 spiro atoms. The molecule has 2 atom stereocenters. The molecule has 188 valence electrons. The molecule has 0 bridgehead atoms. The van der Waals surface area contributed by atoms with E-state index in [0.29, 0.717) is 12.1 Å². The van der Waals surface area contributed by atoms with Crippen LogP contribution in [0.5, 0.6) is 0 Å². The van der Waals surface area contributed by atoms with Crippen molar-refractivity contribution in [3.05, 3.63) is 0 Å². The fraction of sp³-hybridized carbons (Fsp3) is 1.00. The average molecular weight is 453 g/mol. The first-order valence-electron chi connectivity index (χ1n) is 13.3. The van der Waals surface area contributed by atoms with Gasteiger partial charge in [0.05, 0.1) is 0 Å². The number of likely N-dealkylation sites (N-methyl/N-ethyl adjacent to an activating group) is 3. The van der Waals surface area contributed by atoms with Gasteiger partial charge in [-0.2, -0.15) is 0 Å². The minimum atomic E-state index is 0.656. The van der Waals surface area contributed by atoms with Crippen LogP contribution >= 0.6 is 0 Å². The van der Waals surface area contributed by atoms with E-state index in [-0.39, 0.29) is 0 Å². The van der Waals surface area contributed by atoms with Crippen LogP contribution in [0.4, 0.5) is 0 Å². The summed E-state index contributed by atoms with van der Waals surface area (Å²) in [6.07, 6.45) is 6.49. The van der Waals surface area contributed by atoms with E-state index in [0.717, 1.165) is 6.61 Å². The molecule has 3 heterocycles. The zero-order valence-corrected chi connectivity index (χ0v) is 21.7. The van der Waals surface area contributed by atoms with Crippen LogP contribution in [0, 0.1) is 0 Å². The van der Waals surface area contributed by atoms with Crippen molar-refractivity contribution in [2.75, 3.05) is 120 Å². The third-order valence-electron chi connectivity index (χ3n) is 8.05. The summed E-state index contributed by atoms with van der Waals surface area (Å²) in [5.74, 6) is 0. The van der Waals surface area contributed by atoms with Gasteiger partial charge in [0.25, 0.3) is 0 Å². The van der Waals surface area contributed by atoms with Gasteiger partial charge in [-0.1, -0.05) is 12.8 Å². The number of rotatable bonds is 12. The number of hydrogen-bond acceptors (Lipinski definition) is 7. The fourth-order valence-corrected chi connectivity index (χ4v) is 5.72. The van der Waals surface area contributed by atoms with Crippen LogP contribution in [0.15, 0.2) is 0 Å². The Labute approximate surface area is 198 Å². The number of piperazine rings is 3. The first-order valence-corrected chi connectivity index (χ1v) is 13.3. The highest BCUT2D eigenvalue weighted by Crippen LogP contribution is 2.21. The number of methoxy groups -OCH3 is 1. The standard InChI is InChI=1S/C25H52N6O/c1-26-13-17-29(18-14-26)10-9-11-30-19-16-28(3)24(23-30)25-22-27(2)15-20-31(25)12-7-5-6-8-21-32-4/h24-25H,5-23H2,1-4H3. The van der Waals surface area contributed by atoms with Gasteiger partial charge in [-0.15, -0.1) is 0 Å². The lowest BCUT2D eigenvalue weighted by Gasteiger charge is -2.50. The maximum absolute atomic E-state index is 5.20. The molecular weight excluding hydrogens is 400 g/mol. The quantitative estimate of drug-likeness (QED) is 0.409. The van der Waals surface area contributed by atoms with Crippen LogP contribution in [0.3, 0.4) is 0 Å². The summed E-state index contributed by atoms with van der Waals surface area (Å²) >= 11 is 0. The molecule has 7 heteroatoms. The second-order valence-electron chi connectivity index (χ2n) is 10.6. The maximum Gasteiger partial charge on any atom is 0.0462 e. The Balaban J connectivity index is 1.44. The summed E-state index contributed by atoms with van der Waals surface area (Å²) in [6, 6.07) is 1.32. The van der Waals surface area contributed by atoms with Gasteiger partial charge >= 0.3 is 0 Å². The molecule has 0 aliphatic carbocycles. The van der Waals surface area contributed by atoms with E-state index < -0.39 is 0 Å². The first kappa shape index (κ1) is 26.3. The van der Waals surface area contributed by atoms with Gasteiger partial charge in [-0.25, -0.2) is 0 Å². The lowest BCUT2D eigenvalue weighted by atomic mass is 9.98. The molecule has 0 aromatic carbocycles. The Kier molecular flexibility index (Phi) is 11.7. The Morgan fingerprint density at radius 1 is 0.594 bits per heavy atom. The summed E-state index contributed by atoms with van der Waals surface area (Å²) in [7, 11) is 8.73. The predicted molar refractivity (Wildman–Crippen MR) is 135 cm³/mol. The molecule has 0 aromatic rings. The number of unbranched alkanes of at least 4 members (excludes halogenated alkanes) is 3. The summed E-state index contributed by atoms with van der Waals surface area (Å²) in [6.45, 7) is 17.0. The lowest BCUT2D eigenvalue weighted by Crippen LogP contribution is -2.65. The number of nitrogens with zero attached hydrogens (tertiary/aromatic N) is 6. The van der Waals surface area contributed by atoms with Crippen molar-refractivity contribution in [1.82, 2.24) is 29.4 Å². The van der Waals surface area contributed by atoms with Crippen LogP contribution in [0.2, 0.25) is 0 Å². The predicted octanol–water partition coefficient (Wildman–Crippen LogP) is 1.06. The van der Waals surface area contributed by atoms with Crippen molar-refractivity contribution in [2.24, 2.45) is 0 Å². The summed E-state index contributed by atoms with van der Waals surface area (Å²) in [5, 5.41) is 0. The molecule has 0 amide bonds. The minimum Gasteiger partial charge on any atom is -0.385 e. The molecule has 3 aliphatic heterocycles. The van der Waals surface area contributed by atoms with Crippen molar-refractivity contribution < 1.29 is 4.74 Å².